The van der Waals surface area contributed by atoms with E-state index in [9.17, 15) is 9.59 Å². The molecule has 0 saturated carbocycles. The maximum atomic E-state index is 12.7. The van der Waals surface area contributed by atoms with Gasteiger partial charge < -0.3 is 5.32 Å². The number of carbonyl (C=O) groups excluding carboxylic acids is 2. The number of nitrogens with zero attached hydrogens (tertiary/aromatic N) is 6. The Labute approximate surface area is 160 Å². The summed E-state index contributed by atoms with van der Waals surface area (Å²) in [6.45, 7) is 0. The van der Waals surface area contributed by atoms with E-state index in [1.807, 2.05) is 30.3 Å². The van der Waals surface area contributed by atoms with E-state index in [0.29, 0.717) is 29.3 Å². The Kier molecular flexibility index (Phi) is 4.63. The van der Waals surface area contributed by atoms with E-state index in [0.717, 1.165) is 5.56 Å². The fourth-order valence-electron chi connectivity index (χ4n) is 2.90. The van der Waals surface area contributed by atoms with Crippen molar-refractivity contribution in [3.63, 3.8) is 0 Å². The van der Waals surface area contributed by atoms with Gasteiger partial charge in [-0.1, -0.05) is 30.3 Å². The molecule has 0 unspecified atom stereocenters. The van der Waals surface area contributed by atoms with Crippen molar-refractivity contribution in [3.8, 4) is 11.4 Å². The molecule has 140 valence electrons. The summed E-state index contributed by atoms with van der Waals surface area (Å²) in [5, 5.41) is 19.8. The third kappa shape index (κ3) is 3.50. The number of hydrogen-bond donors (Lipinski definition) is 1. The Bertz CT molecular complexity index is 1060. The van der Waals surface area contributed by atoms with Crippen molar-refractivity contribution >= 4 is 28.9 Å². The van der Waals surface area contributed by atoms with Gasteiger partial charge in [0, 0.05) is 31.1 Å². The number of amides is 2. The van der Waals surface area contributed by atoms with Crippen LogP contribution in [-0.2, 0) is 16.6 Å². The van der Waals surface area contributed by atoms with Gasteiger partial charge in [0.15, 0.2) is 5.82 Å². The lowest BCUT2D eigenvalue weighted by atomic mass is 10.1. The summed E-state index contributed by atoms with van der Waals surface area (Å²) >= 11 is 0. The predicted molar refractivity (Wildman–Crippen MR) is 103 cm³/mol. The molecule has 4 rings (SSSR count). The molecular formula is C19H17N7O2. The van der Waals surface area contributed by atoms with Gasteiger partial charge in [-0.3, -0.25) is 9.59 Å². The smallest absolute Gasteiger partial charge is 0.271 e. The first-order valence-corrected chi connectivity index (χ1v) is 8.71. The lowest BCUT2D eigenvalue weighted by Crippen LogP contribution is -2.36. The summed E-state index contributed by atoms with van der Waals surface area (Å²) in [4.78, 5) is 24.9. The highest BCUT2D eigenvalue weighted by atomic mass is 16.2. The SMILES string of the molecule is Cn1nnnc1-c1cccc(NC(=O)C2=NN(c3ccccc3)C(=O)CC2)c1. The quantitative estimate of drug-likeness (QED) is 0.751. The van der Waals surface area contributed by atoms with Gasteiger partial charge in [0.05, 0.1) is 5.69 Å². The van der Waals surface area contributed by atoms with Crippen LogP contribution in [-0.4, -0.2) is 37.7 Å². The van der Waals surface area contributed by atoms with Crippen LogP contribution in [0.15, 0.2) is 59.7 Å². The molecule has 0 atom stereocenters. The molecule has 0 spiro atoms. The second kappa shape index (κ2) is 7.39. The van der Waals surface area contributed by atoms with E-state index in [2.05, 4.69) is 25.9 Å². The number of nitrogens with one attached hydrogen (secondary N) is 1. The van der Waals surface area contributed by atoms with E-state index in [1.165, 1.54) is 5.01 Å². The molecule has 1 aliphatic rings. The normalized spacial score (nSPS) is 14.0. The van der Waals surface area contributed by atoms with Crippen LogP contribution in [0, 0.1) is 0 Å². The van der Waals surface area contributed by atoms with Crippen molar-refractivity contribution in [2.75, 3.05) is 10.3 Å². The number of hydrogen-bond acceptors (Lipinski definition) is 6. The summed E-state index contributed by atoms with van der Waals surface area (Å²) in [6.07, 6.45) is 0.521. The zero-order chi connectivity index (χ0) is 19.5. The molecule has 0 aliphatic carbocycles. The first kappa shape index (κ1) is 17.5. The maximum absolute atomic E-state index is 12.7. The van der Waals surface area contributed by atoms with E-state index in [4.69, 9.17) is 0 Å². The van der Waals surface area contributed by atoms with Gasteiger partial charge in [0.2, 0.25) is 5.91 Å². The molecule has 1 N–H and O–H groups in total. The average molecular weight is 375 g/mol. The molecule has 1 aromatic heterocycles. The minimum absolute atomic E-state index is 0.139. The Hall–Kier alpha value is -3.88. The highest BCUT2D eigenvalue weighted by Crippen LogP contribution is 2.22. The zero-order valence-corrected chi connectivity index (χ0v) is 15.1. The van der Waals surface area contributed by atoms with Crippen molar-refractivity contribution in [2.24, 2.45) is 12.1 Å². The fraction of sp³-hybridized carbons (Fsp3) is 0.158. The molecule has 0 radical (unpaired) electrons. The highest BCUT2D eigenvalue weighted by molar-refractivity contribution is 6.44. The minimum Gasteiger partial charge on any atom is -0.321 e. The number of anilines is 2. The standard InChI is InChI=1S/C19H17N7O2/c1-25-18(21-23-24-25)13-6-5-7-14(12-13)20-19(28)16-10-11-17(27)26(22-16)15-8-3-2-4-9-15/h2-9,12H,10-11H2,1H3,(H,20,28). The van der Waals surface area contributed by atoms with Crippen molar-refractivity contribution in [3.05, 3.63) is 54.6 Å². The lowest BCUT2D eigenvalue weighted by molar-refractivity contribution is -0.118. The molecule has 9 nitrogen and oxygen atoms in total. The van der Waals surface area contributed by atoms with Gasteiger partial charge in [-0.2, -0.15) is 5.10 Å². The third-order valence-electron chi connectivity index (χ3n) is 4.29. The van der Waals surface area contributed by atoms with Gasteiger partial charge in [0.25, 0.3) is 5.91 Å². The Morgan fingerprint density at radius 3 is 2.64 bits per heavy atom. The number of benzene rings is 2. The van der Waals surface area contributed by atoms with Crippen LogP contribution >= 0.6 is 0 Å². The number of carbonyl (C=O) groups is 2. The first-order valence-electron chi connectivity index (χ1n) is 8.71. The van der Waals surface area contributed by atoms with Crippen LogP contribution in [0.3, 0.4) is 0 Å². The molecule has 3 aromatic rings. The van der Waals surface area contributed by atoms with Crippen molar-refractivity contribution < 1.29 is 9.59 Å². The predicted octanol–water partition coefficient (Wildman–Crippen LogP) is 2.00. The number of hydrazone groups is 1. The molecule has 2 amide bonds. The summed E-state index contributed by atoms with van der Waals surface area (Å²) in [5.74, 6) is 0.105. The van der Waals surface area contributed by atoms with Crippen molar-refractivity contribution in [1.82, 2.24) is 20.2 Å². The van der Waals surface area contributed by atoms with Gasteiger partial charge in [0.1, 0.15) is 5.71 Å². The Balaban J connectivity index is 1.55. The molecule has 28 heavy (non-hydrogen) atoms. The van der Waals surface area contributed by atoms with E-state index in [1.54, 1.807) is 36.0 Å². The molecule has 0 saturated heterocycles. The van der Waals surface area contributed by atoms with Crippen LogP contribution in [0.4, 0.5) is 11.4 Å². The molecule has 2 aromatic carbocycles. The molecule has 1 aliphatic heterocycles. The minimum atomic E-state index is -0.346. The molecule has 0 bridgehead atoms. The monoisotopic (exact) mass is 375 g/mol. The third-order valence-corrected chi connectivity index (χ3v) is 4.29. The number of rotatable bonds is 4. The van der Waals surface area contributed by atoms with Gasteiger partial charge in [-0.05, 0) is 34.7 Å². The lowest BCUT2D eigenvalue weighted by Gasteiger charge is -2.23. The van der Waals surface area contributed by atoms with Crippen LogP contribution < -0.4 is 10.3 Å². The van der Waals surface area contributed by atoms with Crippen molar-refractivity contribution in [2.45, 2.75) is 12.8 Å². The van der Waals surface area contributed by atoms with E-state index in [-0.39, 0.29) is 18.2 Å². The van der Waals surface area contributed by atoms with Crippen molar-refractivity contribution in [1.29, 1.82) is 0 Å². The molecular weight excluding hydrogens is 358 g/mol. The van der Waals surface area contributed by atoms with E-state index >= 15 is 0 Å². The topological polar surface area (TPSA) is 105 Å². The van der Waals surface area contributed by atoms with Crippen LogP contribution in [0.25, 0.3) is 11.4 Å². The molecule has 9 heteroatoms. The fourth-order valence-corrected chi connectivity index (χ4v) is 2.90. The number of aromatic nitrogens is 4. The van der Waals surface area contributed by atoms with E-state index < -0.39 is 0 Å². The van der Waals surface area contributed by atoms with Gasteiger partial charge >= 0.3 is 0 Å². The second-order valence-electron chi connectivity index (χ2n) is 6.25. The second-order valence-corrected chi connectivity index (χ2v) is 6.25. The first-order chi connectivity index (χ1) is 13.6. The summed E-state index contributed by atoms with van der Waals surface area (Å²) in [6, 6.07) is 16.3. The average Bonchev–Trinajstić information content (AvgIpc) is 3.15. The largest absolute Gasteiger partial charge is 0.321 e. The van der Waals surface area contributed by atoms with Crippen LogP contribution in [0.2, 0.25) is 0 Å². The zero-order valence-electron chi connectivity index (χ0n) is 15.1. The molecule has 2 heterocycles. The van der Waals surface area contributed by atoms with Gasteiger partial charge in [-0.25, -0.2) is 9.69 Å². The van der Waals surface area contributed by atoms with Crippen LogP contribution in [0.1, 0.15) is 12.8 Å². The molecule has 0 fully saturated rings. The maximum Gasteiger partial charge on any atom is 0.271 e. The summed E-state index contributed by atoms with van der Waals surface area (Å²) < 4.78 is 1.55. The highest BCUT2D eigenvalue weighted by Gasteiger charge is 2.25. The number of tetrazole rings is 1. The Morgan fingerprint density at radius 2 is 1.89 bits per heavy atom. The summed E-state index contributed by atoms with van der Waals surface area (Å²) in [7, 11) is 1.74. The van der Waals surface area contributed by atoms with Crippen LogP contribution in [0.5, 0.6) is 0 Å². The number of para-hydroxylation sites is 1. The summed E-state index contributed by atoms with van der Waals surface area (Å²) in [5.41, 5.74) is 2.30. The number of aryl methyl sites for hydroxylation is 1. The van der Waals surface area contributed by atoms with Gasteiger partial charge in [-0.15, -0.1) is 5.10 Å². The Morgan fingerprint density at radius 1 is 1.07 bits per heavy atom.